The van der Waals surface area contributed by atoms with Crippen molar-refractivity contribution in [2.45, 2.75) is 19.2 Å². The van der Waals surface area contributed by atoms with Crippen molar-refractivity contribution in [2.75, 3.05) is 13.7 Å². The molecule has 0 N–H and O–H groups in total. The van der Waals surface area contributed by atoms with Gasteiger partial charge in [0.15, 0.2) is 0 Å². The summed E-state index contributed by atoms with van der Waals surface area (Å²) in [5.41, 5.74) is 0. The first-order chi connectivity index (χ1) is 6.26. The van der Waals surface area contributed by atoms with Gasteiger partial charge in [-0.15, -0.1) is 33.1 Å². The zero-order valence-corrected chi connectivity index (χ0v) is 9.36. The third-order valence-corrected chi connectivity index (χ3v) is 2.95. The van der Waals surface area contributed by atoms with Gasteiger partial charge in [0.25, 0.3) is 0 Å². The van der Waals surface area contributed by atoms with Crippen LogP contribution >= 0.6 is 22.9 Å². The van der Waals surface area contributed by atoms with E-state index in [9.17, 15) is 0 Å². The highest BCUT2D eigenvalue weighted by atomic mass is 35.5. The maximum atomic E-state index is 5.62. The molecular weight excluding hydrogens is 208 g/mol. The Balaban J connectivity index is 2.44. The van der Waals surface area contributed by atoms with Gasteiger partial charge < -0.3 is 4.74 Å². The Morgan fingerprint density at radius 2 is 2.15 bits per heavy atom. The molecule has 1 aromatic heterocycles. The number of halogens is 1. The molecular formula is C8H13ClN2OS. The minimum absolute atomic E-state index is 0.455. The maximum Gasteiger partial charge on any atom is 0.132 e. The normalized spacial score (nSPS) is 13.2. The van der Waals surface area contributed by atoms with Crippen LogP contribution in [-0.4, -0.2) is 23.9 Å². The Morgan fingerprint density at radius 1 is 1.46 bits per heavy atom. The maximum absolute atomic E-state index is 5.62. The van der Waals surface area contributed by atoms with E-state index >= 15 is 0 Å². The van der Waals surface area contributed by atoms with Gasteiger partial charge in [-0.05, 0) is 5.92 Å². The molecule has 0 aliphatic heterocycles. The molecule has 0 amide bonds. The number of hydrogen-bond donors (Lipinski definition) is 0. The number of nitrogens with zero attached hydrogens (tertiary/aromatic N) is 2. The largest absolute Gasteiger partial charge is 0.384 e. The number of alkyl halides is 1. The van der Waals surface area contributed by atoms with E-state index in [2.05, 4.69) is 17.1 Å². The van der Waals surface area contributed by atoms with Crippen LogP contribution in [-0.2, 0) is 17.0 Å². The van der Waals surface area contributed by atoms with Gasteiger partial charge in [0, 0.05) is 20.1 Å². The Morgan fingerprint density at radius 3 is 2.69 bits per heavy atom. The summed E-state index contributed by atoms with van der Waals surface area (Å²) in [5, 5.41) is 9.91. The van der Waals surface area contributed by atoms with E-state index in [0.29, 0.717) is 11.8 Å². The van der Waals surface area contributed by atoms with Crippen molar-refractivity contribution in [3.63, 3.8) is 0 Å². The second kappa shape index (κ2) is 5.52. The van der Waals surface area contributed by atoms with Crippen LogP contribution in [0.1, 0.15) is 16.9 Å². The molecule has 0 bridgehead atoms. The summed E-state index contributed by atoms with van der Waals surface area (Å²) in [7, 11) is 1.71. The molecule has 0 saturated carbocycles. The lowest BCUT2D eigenvalue weighted by Gasteiger charge is -2.05. The molecule has 1 aromatic rings. The lowest BCUT2D eigenvalue weighted by Crippen LogP contribution is -2.06. The number of hydrogen-bond acceptors (Lipinski definition) is 4. The van der Waals surface area contributed by atoms with Crippen LogP contribution in [0.4, 0.5) is 0 Å². The Labute approximate surface area is 87.1 Å². The van der Waals surface area contributed by atoms with Crippen LogP contribution < -0.4 is 0 Å². The summed E-state index contributed by atoms with van der Waals surface area (Å²) in [5.74, 6) is 0.942. The molecule has 1 heterocycles. The van der Waals surface area contributed by atoms with Gasteiger partial charge in [-0.3, -0.25) is 0 Å². The van der Waals surface area contributed by atoms with E-state index in [1.54, 1.807) is 18.4 Å². The van der Waals surface area contributed by atoms with Crippen LogP contribution in [0.2, 0.25) is 0 Å². The molecule has 0 spiro atoms. The average Bonchev–Trinajstić information content (AvgIpc) is 2.52. The van der Waals surface area contributed by atoms with E-state index in [-0.39, 0.29) is 0 Å². The molecule has 0 aromatic carbocycles. The Hall–Kier alpha value is -0.190. The number of aromatic nitrogens is 2. The molecule has 74 valence electrons. The van der Waals surface area contributed by atoms with E-state index < -0.39 is 0 Å². The summed E-state index contributed by atoms with van der Waals surface area (Å²) in [6, 6.07) is 0. The standard InChI is InChI=1S/C8H13ClN2OS/c1-6(5-12-2)3-7-10-11-8(4-9)13-7/h6H,3-5H2,1-2H3. The van der Waals surface area contributed by atoms with Crippen molar-refractivity contribution in [3.05, 3.63) is 10.0 Å². The summed E-state index contributed by atoms with van der Waals surface area (Å²) >= 11 is 7.20. The Kier molecular flexibility index (Phi) is 4.62. The van der Waals surface area contributed by atoms with E-state index in [4.69, 9.17) is 16.3 Å². The fraction of sp³-hybridized carbons (Fsp3) is 0.750. The minimum Gasteiger partial charge on any atom is -0.384 e. The van der Waals surface area contributed by atoms with Crippen LogP contribution in [0.5, 0.6) is 0 Å². The first-order valence-corrected chi connectivity index (χ1v) is 5.47. The molecule has 0 fully saturated rings. The lowest BCUT2D eigenvalue weighted by molar-refractivity contribution is 0.159. The van der Waals surface area contributed by atoms with Gasteiger partial charge in [-0.2, -0.15) is 0 Å². The highest BCUT2D eigenvalue weighted by molar-refractivity contribution is 7.11. The smallest absolute Gasteiger partial charge is 0.132 e. The summed E-state index contributed by atoms with van der Waals surface area (Å²) < 4.78 is 5.04. The third-order valence-electron chi connectivity index (χ3n) is 1.60. The summed E-state index contributed by atoms with van der Waals surface area (Å²) in [4.78, 5) is 0. The van der Waals surface area contributed by atoms with Crippen molar-refractivity contribution in [1.29, 1.82) is 0 Å². The van der Waals surface area contributed by atoms with Gasteiger partial charge in [-0.1, -0.05) is 6.92 Å². The topological polar surface area (TPSA) is 35.0 Å². The zero-order chi connectivity index (χ0) is 9.68. The van der Waals surface area contributed by atoms with Gasteiger partial charge in [-0.25, -0.2) is 0 Å². The van der Waals surface area contributed by atoms with Crippen LogP contribution in [0.25, 0.3) is 0 Å². The zero-order valence-electron chi connectivity index (χ0n) is 7.79. The van der Waals surface area contributed by atoms with Crippen LogP contribution in [0.3, 0.4) is 0 Å². The quantitative estimate of drug-likeness (QED) is 0.713. The van der Waals surface area contributed by atoms with E-state index in [1.165, 1.54) is 0 Å². The number of ether oxygens (including phenoxy) is 1. The molecule has 0 aliphatic rings. The fourth-order valence-electron chi connectivity index (χ4n) is 1.07. The molecule has 1 rings (SSSR count). The van der Waals surface area contributed by atoms with Crippen molar-refractivity contribution in [1.82, 2.24) is 10.2 Å². The Bertz CT molecular complexity index is 254. The third kappa shape index (κ3) is 3.58. The number of methoxy groups -OCH3 is 1. The summed E-state index contributed by atoms with van der Waals surface area (Å²) in [6.45, 7) is 2.89. The summed E-state index contributed by atoms with van der Waals surface area (Å²) in [6.07, 6.45) is 0.919. The average molecular weight is 221 g/mol. The van der Waals surface area contributed by atoms with Crippen LogP contribution in [0.15, 0.2) is 0 Å². The molecule has 0 aliphatic carbocycles. The lowest BCUT2D eigenvalue weighted by atomic mass is 10.1. The number of rotatable bonds is 5. The van der Waals surface area contributed by atoms with Crippen LogP contribution in [0, 0.1) is 5.92 Å². The molecule has 0 saturated heterocycles. The SMILES string of the molecule is COCC(C)Cc1nnc(CCl)s1. The first kappa shape index (κ1) is 10.9. The van der Waals surface area contributed by atoms with Crippen molar-refractivity contribution in [3.8, 4) is 0 Å². The van der Waals surface area contributed by atoms with Gasteiger partial charge >= 0.3 is 0 Å². The second-order valence-electron chi connectivity index (χ2n) is 2.99. The fourth-order valence-corrected chi connectivity index (χ4v) is 2.14. The highest BCUT2D eigenvalue weighted by Crippen LogP contribution is 2.15. The monoisotopic (exact) mass is 220 g/mol. The molecule has 5 heteroatoms. The predicted octanol–water partition coefficient (Wildman–Crippen LogP) is 2.10. The molecule has 13 heavy (non-hydrogen) atoms. The van der Waals surface area contributed by atoms with E-state index in [0.717, 1.165) is 23.0 Å². The molecule has 3 nitrogen and oxygen atoms in total. The van der Waals surface area contributed by atoms with Crippen molar-refractivity contribution in [2.24, 2.45) is 5.92 Å². The predicted molar refractivity (Wildman–Crippen MR) is 54.2 cm³/mol. The van der Waals surface area contributed by atoms with E-state index in [1.807, 2.05) is 0 Å². The molecule has 1 atom stereocenters. The second-order valence-corrected chi connectivity index (χ2v) is 4.40. The van der Waals surface area contributed by atoms with Gasteiger partial charge in [0.1, 0.15) is 10.0 Å². The highest BCUT2D eigenvalue weighted by Gasteiger charge is 2.08. The van der Waals surface area contributed by atoms with Gasteiger partial charge in [0.2, 0.25) is 0 Å². The van der Waals surface area contributed by atoms with Gasteiger partial charge in [0.05, 0.1) is 5.88 Å². The molecule has 0 radical (unpaired) electrons. The van der Waals surface area contributed by atoms with Crippen molar-refractivity contribution < 1.29 is 4.74 Å². The minimum atomic E-state index is 0.455. The van der Waals surface area contributed by atoms with Crippen molar-refractivity contribution >= 4 is 22.9 Å². The first-order valence-electron chi connectivity index (χ1n) is 4.12. The molecule has 1 unspecified atom stereocenters.